The van der Waals surface area contributed by atoms with E-state index >= 15 is 0 Å². The summed E-state index contributed by atoms with van der Waals surface area (Å²) in [5, 5.41) is 0. The van der Waals surface area contributed by atoms with Gasteiger partial charge in [-0.3, -0.25) is 4.79 Å². The number of hydrogen-bond acceptors (Lipinski definition) is 3. The lowest BCUT2D eigenvalue weighted by molar-refractivity contribution is -0.141. The van der Waals surface area contributed by atoms with Gasteiger partial charge >= 0.3 is 5.97 Å². The summed E-state index contributed by atoms with van der Waals surface area (Å²) in [5.41, 5.74) is 0. The van der Waals surface area contributed by atoms with Gasteiger partial charge in [0.2, 0.25) is 0 Å². The fourth-order valence-corrected chi connectivity index (χ4v) is 1.41. The van der Waals surface area contributed by atoms with Crippen LogP contribution >= 0.6 is 15.9 Å². The molecule has 0 fully saturated rings. The van der Waals surface area contributed by atoms with Crippen molar-refractivity contribution < 1.29 is 18.7 Å². The lowest BCUT2D eigenvalue weighted by Gasteiger charge is -2.05. The molecule has 0 spiro atoms. The summed E-state index contributed by atoms with van der Waals surface area (Å²) in [7, 11) is 1.31. The van der Waals surface area contributed by atoms with Crippen molar-refractivity contribution >= 4 is 21.9 Å². The van der Waals surface area contributed by atoms with E-state index < -0.39 is 5.82 Å². The lowest BCUT2D eigenvalue weighted by atomic mass is 10.3. The molecule has 0 unspecified atom stereocenters. The SMILES string of the molecule is COC(=O)CCOc1cc(F)cc(Br)c1. The Morgan fingerprint density at radius 3 is 2.80 bits per heavy atom. The van der Waals surface area contributed by atoms with Crippen LogP contribution in [-0.4, -0.2) is 19.7 Å². The van der Waals surface area contributed by atoms with Crippen LogP contribution in [0.1, 0.15) is 6.42 Å². The first-order valence-electron chi connectivity index (χ1n) is 4.27. The minimum absolute atomic E-state index is 0.143. The Kier molecular flexibility index (Phi) is 4.55. The highest BCUT2D eigenvalue weighted by molar-refractivity contribution is 9.10. The van der Waals surface area contributed by atoms with Crippen LogP contribution < -0.4 is 4.74 Å². The van der Waals surface area contributed by atoms with Crippen LogP contribution in [0.3, 0.4) is 0 Å². The Bertz CT molecular complexity index is 334. The Morgan fingerprint density at radius 2 is 2.20 bits per heavy atom. The molecule has 1 aromatic carbocycles. The second kappa shape index (κ2) is 5.70. The highest BCUT2D eigenvalue weighted by atomic mass is 79.9. The molecule has 0 aliphatic carbocycles. The Hall–Kier alpha value is -1.10. The van der Waals surface area contributed by atoms with Gasteiger partial charge in [-0.1, -0.05) is 15.9 Å². The zero-order chi connectivity index (χ0) is 11.3. The van der Waals surface area contributed by atoms with Gasteiger partial charge in [0.25, 0.3) is 0 Å². The first-order valence-corrected chi connectivity index (χ1v) is 5.07. The number of hydrogen-bond donors (Lipinski definition) is 0. The predicted molar refractivity (Wildman–Crippen MR) is 56.2 cm³/mol. The molecule has 0 aliphatic rings. The minimum atomic E-state index is -0.391. The fourth-order valence-electron chi connectivity index (χ4n) is 0.966. The van der Waals surface area contributed by atoms with Crippen LogP contribution in [0.2, 0.25) is 0 Å². The molecule has 0 atom stereocenters. The van der Waals surface area contributed by atoms with Crippen LogP contribution in [0.5, 0.6) is 5.75 Å². The molecule has 0 amide bonds. The lowest BCUT2D eigenvalue weighted by Crippen LogP contribution is -2.07. The van der Waals surface area contributed by atoms with Crippen LogP contribution in [0.4, 0.5) is 4.39 Å². The predicted octanol–water partition coefficient (Wildman–Crippen LogP) is 2.53. The van der Waals surface area contributed by atoms with Crippen molar-refractivity contribution in [3.05, 3.63) is 28.5 Å². The van der Waals surface area contributed by atoms with Crippen molar-refractivity contribution in [2.24, 2.45) is 0 Å². The number of benzene rings is 1. The molecule has 0 bridgehead atoms. The van der Waals surface area contributed by atoms with Crippen LogP contribution in [0.25, 0.3) is 0 Å². The van der Waals surface area contributed by atoms with E-state index in [4.69, 9.17) is 4.74 Å². The first-order chi connectivity index (χ1) is 7.11. The van der Waals surface area contributed by atoms with Gasteiger partial charge in [0.05, 0.1) is 20.1 Å². The Morgan fingerprint density at radius 1 is 1.47 bits per heavy atom. The molecule has 0 saturated carbocycles. The van der Waals surface area contributed by atoms with E-state index in [0.29, 0.717) is 10.2 Å². The highest BCUT2D eigenvalue weighted by Gasteiger charge is 2.03. The molecule has 82 valence electrons. The summed E-state index contributed by atoms with van der Waals surface area (Å²) in [5.74, 6) is -0.367. The van der Waals surface area contributed by atoms with E-state index in [1.54, 1.807) is 6.07 Å². The fraction of sp³-hybridized carbons (Fsp3) is 0.300. The quantitative estimate of drug-likeness (QED) is 0.793. The molecular weight excluding hydrogens is 267 g/mol. The second-order valence-electron chi connectivity index (χ2n) is 2.78. The van der Waals surface area contributed by atoms with Gasteiger partial charge in [0, 0.05) is 10.5 Å². The minimum Gasteiger partial charge on any atom is -0.493 e. The maximum atomic E-state index is 12.9. The van der Waals surface area contributed by atoms with E-state index in [0.717, 1.165) is 0 Å². The summed E-state index contributed by atoms with van der Waals surface area (Å²) < 4.78 is 23.1. The number of rotatable bonds is 4. The molecule has 0 aromatic heterocycles. The summed E-state index contributed by atoms with van der Waals surface area (Å²) in [6.07, 6.45) is 0.143. The van der Waals surface area contributed by atoms with E-state index in [1.165, 1.54) is 19.2 Å². The molecule has 0 aliphatic heterocycles. The van der Waals surface area contributed by atoms with E-state index in [-0.39, 0.29) is 19.0 Å². The molecule has 3 nitrogen and oxygen atoms in total. The van der Waals surface area contributed by atoms with Gasteiger partial charge in [-0.2, -0.15) is 0 Å². The zero-order valence-corrected chi connectivity index (χ0v) is 9.71. The maximum Gasteiger partial charge on any atom is 0.308 e. The van der Waals surface area contributed by atoms with Crippen molar-refractivity contribution in [1.29, 1.82) is 0 Å². The third-order valence-electron chi connectivity index (χ3n) is 1.64. The molecule has 5 heteroatoms. The monoisotopic (exact) mass is 276 g/mol. The molecule has 1 aromatic rings. The zero-order valence-electron chi connectivity index (χ0n) is 8.13. The smallest absolute Gasteiger partial charge is 0.308 e. The van der Waals surface area contributed by atoms with Gasteiger partial charge in [-0.15, -0.1) is 0 Å². The van der Waals surface area contributed by atoms with Crippen molar-refractivity contribution in [3.8, 4) is 5.75 Å². The molecule has 1 rings (SSSR count). The van der Waals surface area contributed by atoms with Gasteiger partial charge < -0.3 is 9.47 Å². The number of halogens is 2. The molecule has 0 N–H and O–H groups in total. The molecule has 0 radical (unpaired) electrons. The van der Waals surface area contributed by atoms with Crippen LogP contribution in [-0.2, 0) is 9.53 Å². The van der Waals surface area contributed by atoms with E-state index in [9.17, 15) is 9.18 Å². The number of methoxy groups -OCH3 is 1. The molecular formula is C10H10BrFO3. The van der Waals surface area contributed by atoms with Crippen LogP contribution in [0.15, 0.2) is 22.7 Å². The van der Waals surface area contributed by atoms with Crippen molar-refractivity contribution in [1.82, 2.24) is 0 Å². The standard InChI is InChI=1S/C10H10BrFO3/c1-14-10(13)2-3-15-9-5-7(11)4-8(12)6-9/h4-6H,2-3H2,1H3. The van der Waals surface area contributed by atoms with Gasteiger partial charge in [-0.05, 0) is 12.1 Å². The number of ether oxygens (including phenoxy) is 2. The number of carbonyl (C=O) groups excluding carboxylic acids is 1. The Balaban J connectivity index is 2.47. The summed E-state index contributed by atoms with van der Waals surface area (Å²) in [4.78, 5) is 10.8. The summed E-state index contributed by atoms with van der Waals surface area (Å²) >= 11 is 3.14. The summed E-state index contributed by atoms with van der Waals surface area (Å²) in [6, 6.07) is 4.20. The topological polar surface area (TPSA) is 35.5 Å². The Labute approximate surface area is 95.3 Å². The average Bonchev–Trinajstić information content (AvgIpc) is 2.16. The highest BCUT2D eigenvalue weighted by Crippen LogP contribution is 2.20. The first kappa shape index (κ1) is 12.0. The number of esters is 1. The normalized spacial score (nSPS) is 9.80. The largest absolute Gasteiger partial charge is 0.493 e. The maximum absolute atomic E-state index is 12.9. The van der Waals surface area contributed by atoms with Gasteiger partial charge in [-0.25, -0.2) is 4.39 Å². The third-order valence-corrected chi connectivity index (χ3v) is 2.10. The van der Waals surface area contributed by atoms with E-state index in [1.807, 2.05) is 0 Å². The van der Waals surface area contributed by atoms with Gasteiger partial charge in [0.1, 0.15) is 11.6 Å². The van der Waals surface area contributed by atoms with Crippen molar-refractivity contribution in [2.45, 2.75) is 6.42 Å². The van der Waals surface area contributed by atoms with Crippen molar-refractivity contribution in [2.75, 3.05) is 13.7 Å². The van der Waals surface area contributed by atoms with Crippen molar-refractivity contribution in [3.63, 3.8) is 0 Å². The molecule has 15 heavy (non-hydrogen) atoms. The number of carbonyl (C=O) groups is 1. The van der Waals surface area contributed by atoms with E-state index in [2.05, 4.69) is 20.7 Å². The second-order valence-corrected chi connectivity index (χ2v) is 3.70. The average molecular weight is 277 g/mol. The molecule has 0 heterocycles. The van der Waals surface area contributed by atoms with Gasteiger partial charge in [0.15, 0.2) is 0 Å². The summed E-state index contributed by atoms with van der Waals surface area (Å²) in [6.45, 7) is 0.169. The van der Waals surface area contributed by atoms with Crippen LogP contribution in [0, 0.1) is 5.82 Å². The molecule has 0 saturated heterocycles. The third kappa shape index (κ3) is 4.29.